The molecule has 1 atom stereocenters. The Hall–Kier alpha value is -1.08. The lowest BCUT2D eigenvalue weighted by Gasteiger charge is -2.29. The summed E-state index contributed by atoms with van der Waals surface area (Å²) in [5.41, 5.74) is 0. The fraction of sp³-hybridized carbons (Fsp3) is 0.857. The van der Waals surface area contributed by atoms with Crippen molar-refractivity contribution in [3.63, 3.8) is 0 Å². The van der Waals surface area contributed by atoms with Gasteiger partial charge >= 0.3 is 0 Å². The smallest absolute Gasteiger partial charge is 0.226 e. The van der Waals surface area contributed by atoms with Gasteiger partial charge in [-0.2, -0.15) is 5.26 Å². The van der Waals surface area contributed by atoms with Crippen molar-refractivity contribution in [3.8, 4) is 6.07 Å². The minimum Gasteiger partial charge on any atom is -0.378 e. The van der Waals surface area contributed by atoms with E-state index < -0.39 is 0 Å². The summed E-state index contributed by atoms with van der Waals surface area (Å²) in [5.74, 6) is 0.107. The molecular formula is C14H22N2O2. The normalized spacial score (nSPS) is 24.7. The average Bonchev–Trinajstić information content (AvgIpc) is 2.90. The van der Waals surface area contributed by atoms with Gasteiger partial charge in [0.15, 0.2) is 0 Å². The summed E-state index contributed by atoms with van der Waals surface area (Å²) in [4.78, 5) is 14.1. The molecule has 1 amide bonds. The van der Waals surface area contributed by atoms with Gasteiger partial charge in [0.05, 0.1) is 18.6 Å². The Kier molecular flexibility index (Phi) is 5.00. The van der Waals surface area contributed by atoms with Crippen molar-refractivity contribution in [1.29, 1.82) is 5.26 Å². The third-order valence-electron chi connectivity index (χ3n) is 4.00. The number of hydrogen-bond acceptors (Lipinski definition) is 3. The van der Waals surface area contributed by atoms with Crippen molar-refractivity contribution in [2.45, 2.75) is 63.5 Å². The highest BCUT2D eigenvalue weighted by molar-refractivity contribution is 5.77. The molecule has 0 radical (unpaired) electrons. The van der Waals surface area contributed by atoms with Gasteiger partial charge in [-0.1, -0.05) is 12.8 Å². The van der Waals surface area contributed by atoms with Crippen LogP contribution in [0.4, 0.5) is 0 Å². The van der Waals surface area contributed by atoms with E-state index in [4.69, 9.17) is 10.00 Å². The van der Waals surface area contributed by atoms with Crippen LogP contribution in [0.3, 0.4) is 0 Å². The summed E-state index contributed by atoms with van der Waals surface area (Å²) < 4.78 is 5.61. The van der Waals surface area contributed by atoms with Crippen LogP contribution in [0.1, 0.15) is 51.4 Å². The first-order valence-corrected chi connectivity index (χ1v) is 7.09. The van der Waals surface area contributed by atoms with Crippen LogP contribution in [0.2, 0.25) is 0 Å². The van der Waals surface area contributed by atoms with Gasteiger partial charge in [0, 0.05) is 12.6 Å². The molecule has 0 bridgehead atoms. The second-order valence-corrected chi connectivity index (χ2v) is 5.31. The van der Waals surface area contributed by atoms with Gasteiger partial charge in [-0.3, -0.25) is 4.79 Å². The van der Waals surface area contributed by atoms with E-state index in [2.05, 4.69) is 6.07 Å². The van der Waals surface area contributed by atoms with Crippen LogP contribution in [0.15, 0.2) is 0 Å². The van der Waals surface area contributed by atoms with Crippen LogP contribution in [0.5, 0.6) is 0 Å². The molecule has 1 saturated carbocycles. The molecule has 0 N–H and O–H groups in total. The van der Waals surface area contributed by atoms with Crippen molar-refractivity contribution >= 4 is 5.91 Å². The van der Waals surface area contributed by atoms with E-state index in [1.54, 1.807) is 4.90 Å². The number of ether oxygens (including phenoxy) is 1. The highest BCUT2D eigenvalue weighted by Crippen LogP contribution is 2.25. The van der Waals surface area contributed by atoms with Crippen molar-refractivity contribution in [2.24, 2.45) is 0 Å². The lowest BCUT2D eigenvalue weighted by molar-refractivity contribution is -0.136. The number of nitrogens with zero attached hydrogens (tertiary/aromatic N) is 2. The van der Waals surface area contributed by atoms with Crippen molar-refractivity contribution < 1.29 is 9.53 Å². The van der Waals surface area contributed by atoms with E-state index in [0.29, 0.717) is 12.5 Å². The first kappa shape index (κ1) is 13.4. The largest absolute Gasteiger partial charge is 0.378 e. The maximum atomic E-state index is 12.3. The zero-order valence-electron chi connectivity index (χ0n) is 10.9. The molecule has 0 aromatic heterocycles. The highest BCUT2D eigenvalue weighted by atomic mass is 16.5. The summed E-state index contributed by atoms with van der Waals surface area (Å²) in [7, 11) is 0. The predicted molar refractivity (Wildman–Crippen MR) is 67.8 cm³/mol. The summed E-state index contributed by atoms with van der Waals surface area (Å²) in [6.07, 6.45) is 8.25. The third kappa shape index (κ3) is 3.46. The molecule has 2 fully saturated rings. The van der Waals surface area contributed by atoms with Crippen LogP contribution >= 0.6 is 0 Å². The molecule has 100 valence electrons. The standard InChI is InChI=1S/C14H22N2O2/c15-8-9-16(12-5-1-2-6-12)14(17)11-13-7-3-4-10-18-13/h12-13H,1-7,9-11H2. The van der Waals surface area contributed by atoms with E-state index in [1.807, 2.05) is 0 Å². The van der Waals surface area contributed by atoms with Crippen LogP contribution < -0.4 is 0 Å². The van der Waals surface area contributed by atoms with E-state index in [9.17, 15) is 4.79 Å². The fourth-order valence-electron chi connectivity index (χ4n) is 2.99. The van der Waals surface area contributed by atoms with Crippen molar-refractivity contribution in [3.05, 3.63) is 0 Å². The third-order valence-corrected chi connectivity index (χ3v) is 4.00. The Morgan fingerprint density at radius 1 is 1.22 bits per heavy atom. The van der Waals surface area contributed by atoms with Gasteiger partial charge < -0.3 is 9.64 Å². The molecule has 1 unspecified atom stereocenters. The molecular weight excluding hydrogens is 228 g/mol. The molecule has 1 heterocycles. The second kappa shape index (κ2) is 6.75. The van der Waals surface area contributed by atoms with E-state index in [0.717, 1.165) is 38.7 Å². The number of amides is 1. The zero-order valence-corrected chi connectivity index (χ0v) is 10.9. The summed E-state index contributed by atoms with van der Waals surface area (Å²) >= 11 is 0. The predicted octanol–water partition coefficient (Wildman–Crippen LogP) is 2.24. The Labute approximate surface area is 109 Å². The lowest BCUT2D eigenvalue weighted by Crippen LogP contribution is -2.41. The number of carbonyl (C=O) groups excluding carboxylic acids is 1. The highest BCUT2D eigenvalue weighted by Gasteiger charge is 2.28. The molecule has 4 nitrogen and oxygen atoms in total. The SMILES string of the molecule is N#CCN(C(=O)CC1CCCCO1)C1CCCC1. The van der Waals surface area contributed by atoms with Crippen LogP contribution in [0, 0.1) is 11.3 Å². The van der Waals surface area contributed by atoms with Crippen LogP contribution in [-0.2, 0) is 9.53 Å². The maximum Gasteiger partial charge on any atom is 0.226 e. The zero-order chi connectivity index (χ0) is 12.8. The van der Waals surface area contributed by atoms with E-state index in [-0.39, 0.29) is 18.6 Å². The molecule has 1 saturated heterocycles. The minimum atomic E-state index is 0.0776. The Morgan fingerprint density at radius 3 is 2.56 bits per heavy atom. The molecule has 0 aromatic carbocycles. The molecule has 2 aliphatic rings. The second-order valence-electron chi connectivity index (χ2n) is 5.31. The molecule has 4 heteroatoms. The van der Waals surface area contributed by atoms with Gasteiger partial charge in [0.2, 0.25) is 5.91 Å². The molecule has 18 heavy (non-hydrogen) atoms. The van der Waals surface area contributed by atoms with Gasteiger partial charge in [0.25, 0.3) is 0 Å². The lowest BCUT2D eigenvalue weighted by atomic mass is 10.0. The number of nitriles is 1. The maximum absolute atomic E-state index is 12.3. The Balaban J connectivity index is 1.88. The van der Waals surface area contributed by atoms with Gasteiger partial charge in [0.1, 0.15) is 6.54 Å². The van der Waals surface area contributed by atoms with Crippen LogP contribution in [-0.4, -0.2) is 36.1 Å². The first-order valence-electron chi connectivity index (χ1n) is 7.09. The number of rotatable bonds is 4. The molecule has 0 spiro atoms. The molecule has 1 aliphatic heterocycles. The topological polar surface area (TPSA) is 53.3 Å². The van der Waals surface area contributed by atoms with Gasteiger partial charge in [-0.05, 0) is 32.1 Å². The van der Waals surface area contributed by atoms with E-state index >= 15 is 0 Å². The van der Waals surface area contributed by atoms with E-state index in [1.165, 1.54) is 12.8 Å². The van der Waals surface area contributed by atoms with Gasteiger partial charge in [-0.15, -0.1) is 0 Å². The molecule has 1 aliphatic carbocycles. The Morgan fingerprint density at radius 2 is 1.94 bits per heavy atom. The average molecular weight is 250 g/mol. The summed E-state index contributed by atoms with van der Waals surface area (Å²) in [6.45, 7) is 1.01. The minimum absolute atomic E-state index is 0.0776. The van der Waals surface area contributed by atoms with Crippen LogP contribution in [0.25, 0.3) is 0 Å². The monoisotopic (exact) mass is 250 g/mol. The fourth-order valence-corrected chi connectivity index (χ4v) is 2.99. The van der Waals surface area contributed by atoms with Crippen molar-refractivity contribution in [2.75, 3.05) is 13.2 Å². The Bertz CT molecular complexity index is 312. The van der Waals surface area contributed by atoms with Gasteiger partial charge in [-0.25, -0.2) is 0 Å². The molecule has 2 rings (SSSR count). The number of carbonyl (C=O) groups is 1. The summed E-state index contributed by atoms with van der Waals surface area (Å²) in [6, 6.07) is 2.42. The number of hydrogen-bond donors (Lipinski definition) is 0. The summed E-state index contributed by atoms with van der Waals surface area (Å²) in [5, 5.41) is 8.88. The quantitative estimate of drug-likeness (QED) is 0.719. The van der Waals surface area contributed by atoms with Crippen molar-refractivity contribution in [1.82, 2.24) is 4.90 Å². The first-order chi connectivity index (χ1) is 8.81. The molecule has 0 aromatic rings.